The zero-order chi connectivity index (χ0) is 18.3. The van der Waals surface area contributed by atoms with Gasteiger partial charge >= 0.3 is 18.1 Å². The van der Waals surface area contributed by atoms with E-state index in [-0.39, 0.29) is 11.5 Å². The fourth-order valence-electron chi connectivity index (χ4n) is 1.64. The number of hydrogen-bond acceptors (Lipinski definition) is 5. The normalized spacial score (nSPS) is 12.0. The summed E-state index contributed by atoms with van der Waals surface area (Å²) in [4.78, 5) is 23.4. The number of carboxylic acid groups (broad SMARTS) is 2. The third kappa shape index (κ3) is 5.72. The predicted octanol–water partition coefficient (Wildman–Crippen LogP) is 2.25. The number of alkyl halides is 3. The Balaban J connectivity index is 0.000000351. The smallest absolute Gasteiger partial charge is 0.476 e. The quantitative estimate of drug-likeness (QED) is 0.775. The van der Waals surface area contributed by atoms with Crippen molar-refractivity contribution in [3.8, 4) is 0 Å². The highest BCUT2D eigenvalue weighted by atomic mass is 19.4. The maximum Gasteiger partial charge on any atom is 0.490 e. The molecule has 2 aromatic rings. The molecule has 0 unspecified atom stereocenters. The van der Waals surface area contributed by atoms with E-state index in [4.69, 9.17) is 25.2 Å². The zero-order valence-corrected chi connectivity index (χ0v) is 12.0. The lowest BCUT2D eigenvalue weighted by atomic mass is 10.0. The van der Waals surface area contributed by atoms with Crippen LogP contribution in [-0.2, 0) is 11.2 Å². The highest BCUT2D eigenvalue weighted by Gasteiger charge is 2.38. The van der Waals surface area contributed by atoms with Crippen LogP contribution in [0.3, 0.4) is 0 Å². The lowest BCUT2D eigenvalue weighted by Crippen LogP contribution is -2.21. The van der Waals surface area contributed by atoms with E-state index in [0.29, 0.717) is 6.42 Å². The molecule has 10 heteroatoms. The van der Waals surface area contributed by atoms with Gasteiger partial charge in [0.2, 0.25) is 0 Å². The molecule has 24 heavy (non-hydrogen) atoms. The first-order valence-electron chi connectivity index (χ1n) is 6.39. The van der Waals surface area contributed by atoms with Crippen LogP contribution < -0.4 is 5.73 Å². The summed E-state index contributed by atoms with van der Waals surface area (Å²) < 4.78 is 36.8. The molecule has 0 bridgehead atoms. The van der Waals surface area contributed by atoms with Gasteiger partial charge in [-0.3, -0.25) is 0 Å². The molecular formula is C14H13F3N2O5. The van der Waals surface area contributed by atoms with E-state index in [2.05, 4.69) is 4.98 Å². The average Bonchev–Trinajstić information content (AvgIpc) is 2.97. The van der Waals surface area contributed by atoms with E-state index < -0.39 is 24.2 Å². The van der Waals surface area contributed by atoms with Gasteiger partial charge in [0.25, 0.3) is 0 Å². The minimum Gasteiger partial charge on any atom is -0.476 e. The van der Waals surface area contributed by atoms with E-state index >= 15 is 0 Å². The monoisotopic (exact) mass is 346 g/mol. The highest BCUT2D eigenvalue weighted by Crippen LogP contribution is 2.19. The van der Waals surface area contributed by atoms with Crippen molar-refractivity contribution in [3.63, 3.8) is 0 Å². The van der Waals surface area contributed by atoms with Crippen LogP contribution in [0.15, 0.2) is 41.1 Å². The van der Waals surface area contributed by atoms with Gasteiger partial charge in [-0.25, -0.2) is 14.6 Å². The number of nitrogens with two attached hydrogens (primary N) is 1. The number of benzene rings is 1. The van der Waals surface area contributed by atoms with Gasteiger partial charge in [-0.15, -0.1) is 0 Å². The Labute approximate surface area is 133 Å². The summed E-state index contributed by atoms with van der Waals surface area (Å²) in [6, 6.07) is 9.06. The van der Waals surface area contributed by atoms with Gasteiger partial charge in [0.1, 0.15) is 0 Å². The Morgan fingerprint density at radius 2 is 1.75 bits per heavy atom. The number of oxazole rings is 1. The molecule has 7 nitrogen and oxygen atoms in total. The molecule has 0 aliphatic heterocycles. The molecule has 0 aliphatic rings. The summed E-state index contributed by atoms with van der Waals surface area (Å²) >= 11 is 0. The Kier molecular flexibility index (Phi) is 6.48. The van der Waals surface area contributed by atoms with Crippen molar-refractivity contribution in [3.05, 3.63) is 53.7 Å². The predicted molar refractivity (Wildman–Crippen MR) is 74.2 cm³/mol. The van der Waals surface area contributed by atoms with E-state index in [1.54, 1.807) is 0 Å². The Morgan fingerprint density at radius 1 is 1.21 bits per heavy atom. The second-order valence-corrected chi connectivity index (χ2v) is 4.47. The zero-order valence-electron chi connectivity index (χ0n) is 12.0. The number of aromatic carboxylic acids is 1. The largest absolute Gasteiger partial charge is 0.490 e. The molecule has 0 amide bonds. The van der Waals surface area contributed by atoms with E-state index in [1.165, 1.54) is 0 Å². The SMILES string of the molecule is N[C@@H](Cc1ccccc1)c1ocnc1C(=O)O.O=C(O)C(F)(F)F. The van der Waals surface area contributed by atoms with Crippen LogP contribution >= 0.6 is 0 Å². The van der Waals surface area contributed by atoms with Crippen LogP contribution in [0.2, 0.25) is 0 Å². The minimum absolute atomic E-state index is 0.117. The topological polar surface area (TPSA) is 127 Å². The first-order valence-corrected chi connectivity index (χ1v) is 6.39. The van der Waals surface area contributed by atoms with Crippen molar-refractivity contribution in [2.24, 2.45) is 5.73 Å². The molecule has 0 saturated heterocycles. The van der Waals surface area contributed by atoms with Crippen molar-refractivity contribution < 1.29 is 37.4 Å². The van der Waals surface area contributed by atoms with Crippen molar-refractivity contribution in [1.82, 2.24) is 4.98 Å². The summed E-state index contributed by atoms with van der Waals surface area (Å²) in [7, 11) is 0. The van der Waals surface area contributed by atoms with Crippen molar-refractivity contribution in [2.45, 2.75) is 18.6 Å². The van der Waals surface area contributed by atoms with Crippen molar-refractivity contribution in [1.29, 1.82) is 0 Å². The summed E-state index contributed by atoms with van der Waals surface area (Å²) in [6.45, 7) is 0. The van der Waals surface area contributed by atoms with Crippen molar-refractivity contribution >= 4 is 11.9 Å². The number of aliphatic carboxylic acids is 1. The standard InChI is InChI=1S/C12H12N2O3.C2HF3O2/c13-9(6-8-4-2-1-3-5-8)11-10(12(15)16)14-7-17-11;3-2(4,5)1(6)7/h1-5,7,9H,6,13H2,(H,15,16);(H,6,7)/t9-;/m0./s1. The van der Waals surface area contributed by atoms with Crippen molar-refractivity contribution in [2.75, 3.05) is 0 Å². The maximum absolute atomic E-state index is 10.9. The van der Waals surface area contributed by atoms with Gasteiger partial charge in [-0.05, 0) is 12.0 Å². The molecule has 0 aliphatic carbocycles. The Morgan fingerprint density at radius 3 is 2.21 bits per heavy atom. The third-order valence-electron chi connectivity index (χ3n) is 2.68. The van der Waals surface area contributed by atoms with Gasteiger partial charge in [-0.2, -0.15) is 13.2 Å². The second kappa shape index (κ2) is 8.11. The van der Waals surface area contributed by atoms with E-state index in [1.807, 2.05) is 30.3 Å². The van der Waals surface area contributed by atoms with E-state index in [0.717, 1.165) is 12.0 Å². The first-order chi connectivity index (χ1) is 11.1. The highest BCUT2D eigenvalue weighted by molar-refractivity contribution is 5.86. The Bertz CT molecular complexity index is 685. The molecule has 1 atom stereocenters. The molecule has 130 valence electrons. The molecule has 1 aromatic heterocycles. The van der Waals surface area contributed by atoms with Gasteiger partial charge in [0, 0.05) is 0 Å². The number of halogens is 3. The van der Waals surface area contributed by atoms with Gasteiger partial charge in [-0.1, -0.05) is 30.3 Å². The fraction of sp³-hybridized carbons (Fsp3) is 0.214. The number of rotatable bonds is 4. The number of carbonyl (C=O) groups is 2. The lowest BCUT2D eigenvalue weighted by Gasteiger charge is -2.08. The minimum atomic E-state index is -5.08. The molecule has 1 heterocycles. The van der Waals surface area contributed by atoms with Crippen LogP contribution in [0.1, 0.15) is 27.9 Å². The van der Waals surface area contributed by atoms with Crippen LogP contribution in [0, 0.1) is 0 Å². The molecule has 2 rings (SSSR count). The molecule has 0 radical (unpaired) electrons. The molecule has 0 spiro atoms. The number of hydrogen-bond donors (Lipinski definition) is 3. The first kappa shape index (κ1) is 19.2. The van der Waals surface area contributed by atoms with Gasteiger partial charge in [0.05, 0.1) is 6.04 Å². The molecule has 0 saturated carbocycles. The second-order valence-electron chi connectivity index (χ2n) is 4.47. The molecule has 4 N–H and O–H groups in total. The fourth-order valence-corrected chi connectivity index (χ4v) is 1.64. The molecule has 1 aromatic carbocycles. The number of carboxylic acids is 2. The maximum atomic E-state index is 10.9. The Hall–Kier alpha value is -2.88. The van der Waals surface area contributed by atoms with E-state index in [9.17, 15) is 18.0 Å². The third-order valence-corrected chi connectivity index (χ3v) is 2.68. The van der Waals surface area contributed by atoms with Crippen LogP contribution in [0.4, 0.5) is 13.2 Å². The number of nitrogens with zero attached hydrogens (tertiary/aromatic N) is 1. The summed E-state index contributed by atoms with van der Waals surface area (Å²) in [6.07, 6.45) is -3.47. The van der Waals surface area contributed by atoms with Gasteiger partial charge in [0.15, 0.2) is 17.8 Å². The van der Waals surface area contributed by atoms with Crippen LogP contribution in [0.5, 0.6) is 0 Å². The molecule has 0 fully saturated rings. The molecular weight excluding hydrogens is 333 g/mol. The van der Waals surface area contributed by atoms with Crippen LogP contribution in [-0.4, -0.2) is 33.3 Å². The van der Waals surface area contributed by atoms with Gasteiger partial charge < -0.3 is 20.4 Å². The number of aromatic nitrogens is 1. The average molecular weight is 346 g/mol. The summed E-state index contributed by atoms with van der Waals surface area (Å²) in [5.74, 6) is -3.67. The summed E-state index contributed by atoms with van der Waals surface area (Å²) in [5, 5.41) is 16.0. The lowest BCUT2D eigenvalue weighted by molar-refractivity contribution is -0.192. The summed E-state index contributed by atoms with van der Waals surface area (Å²) in [5.41, 5.74) is 6.82. The van der Waals surface area contributed by atoms with Crippen LogP contribution in [0.25, 0.3) is 0 Å².